The Balaban J connectivity index is 3.92. The summed E-state index contributed by atoms with van der Waals surface area (Å²) in [7, 11) is -1.22. The maximum absolute atomic E-state index is 8.84. The van der Waals surface area contributed by atoms with Crippen molar-refractivity contribution in [2.24, 2.45) is 0 Å². The van der Waals surface area contributed by atoms with E-state index in [1.165, 1.54) is 0 Å². The van der Waals surface area contributed by atoms with Gasteiger partial charge in [-0.3, -0.25) is 0 Å². The SMILES string of the molecule is C[C@@H](O)/C=C/C#C[Si](C)(C)C. The second kappa shape index (κ2) is 4.37. The number of hydrogen-bond donors (Lipinski definition) is 1. The Morgan fingerprint density at radius 1 is 1.36 bits per heavy atom. The summed E-state index contributed by atoms with van der Waals surface area (Å²) in [5.74, 6) is 2.93. The number of aliphatic hydroxyl groups excluding tert-OH is 1. The van der Waals surface area contributed by atoms with E-state index >= 15 is 0 Å². The van der Waals surface area contributed by atoms with Gasteiger partial charge in [-0.15, -0.1) is 5.54 Å². The van der Waals surface area contributed by atoms with Crippen molar-refractivity contribution in [2.75, 3.05) is 0 Å². The summed E-state index contributed by atoms with van der Waals surface area (Å²) < 4.78 is 0. The lowest BCUT2D eigenvalue weighted by molar-refractivity contribution is 0.244. The van der Waals surface area contributed by atoms with Gasteiger partial charge in [0.05, 0.1) is 6.10 Å². The fraction of sp³-hybridized carbons (Fsp3) is 0.556. The zero-order valence-corrected chi connectivity index (χ0v) is 8.68. The largest absolute Gasteiger partial charge is 0.389 e. The van der Waals surface area contributed by atoms with Gasteiger partial charge in [-0.1, -0.05) is 25.6 Å². The fourth-order valence-electron chi connectivity index (χ4n) is 0.446. The van der Waals surface area contributed by atoms with Crippen LogP contribution in [0.4, 0.5) is 0 Å². The van der Waals surface area contributed by atoms with Crippen LogP contribution in [0.1, 0.15) is 6.92 Å². The number of aliphatic hydroxyl groups is 1. The van der Waals surface area contributed by atoms with Gasteiger partial charge in [0, 0.05) is 0 Å². The average molecular weight is 168 g/mol. The Labute approximate surface area is 70.1 Å². The highest BCUT2D eigenvalue weighted by Crippen LogP contribution is 1.95. The second-order valence-electron chi connectivity index (χ2n) is 3.62. The summed E-state index contributed by atoms with van der Waals surface area (Å²) in [4.78, 5) is 0. The lowest BCUT2D eigenvalue weighted by atomic mass is 10.4. The smallest absolute Gasteiger partial charge is 0.129 e. The molecule has 0 spiro atoms. The van der Waals surface area contributed by atoms with Crippen molar-refractivity contribution < 1.29 is 5.11 Å². The van der Waals surface area contributed by atoms with Gasteiger partial charge in [0.2, 0.25) is 0 Å². The Kier molecular flexibility index (Phi) is 4.17. The minimum atomic E-state index is -1.22. The van der Waals surface area contributed by atoms with Crippen molar-refractivity contribution in [3.63, 3.8) is 0 Å². The molecule has 0 saturated heterocycles. The van der Waals surface area contributed by atoms with E-state index in [1.807, 2.05) is 0 Å². The molecule has 0 aromatic heterocycles. The molecule has 0 aliphatic rings. The van der Waals surface area contributed by atoms with E-state index in [4.69, 9.17) is 5.11 Å². The second-order valence-corrected chi connectivity index (χ2v) is 8.37. The Morgan fingerprint density at radius 3 is 2.27 bits per heavy atom. The van der Waals surface area contributed by atoms with Gasteiger partial charge in [0.25, 0.3) is 0 Å². The van der Waals surface area contributed by atoms with E-state index in [2.05, 4.69) is 31.1 Å². The van der Waals surface area contributed by atoms with Crippen molar-refractivity contribution in [3.8, 4) is 11.5 Å². The van der Waals surface area contributed by atoms with Crippen molar-refractivity contribution in [3.05, 3.63) is 12.2 Å². The maximum atomic E-state index is 8.84. The molecule has 0 radical (unpaired) electrons. The molecule has 0 aliphatic carbocycles. The zero-order chi connectivity index (χ0) is 8.91. The van der Waals surface area contributed by atoms with Crippen LogP contribution < -0.4 is 0 Å². The van der Waals surface area contributed by atoms with Crippen LogP contribution >= 0.6 is 0 Å². The van der Waals surface area contributed by atoms with Gasteiger partial charge in [-0.2, -0.15) is 0 Å². The summed E-state index contributed by atoms with van der Waals surface area (Å²) in [6.45, 7) is 8.29. The summed E-state index contributed by atoms with van der Waals surface area (Å²) in [6, 6.07) is 0. The quantitative estimate of drug-likeness (QED) is 0.467. The van der Waals surface area contributed by atoms with E-state index in [9.17, 15) is 0 Å². The number of hydrogen-bond acceptors (Lipinski definition) is 1. The highest BCUT2D eigenvalue weighted by Gasteiger charge is 2.06. The van der Waals surface area contributed by atoms with Gasteiger partial charge in [-0.05, 0) is 19.1 Å². The normalized spacial score (nSPS) is 14.3. The predicted molar refractivity (Wildman–Crippen MR) is 51.9 cm³/mol. The van der Waals surface area contributed by atoms with Gasteiger partial charge in [-0.25, -0.2) is 0 Å². The van der Waals surface area contributed by atoms with E-state index < -0.39 is 8.07 Å². The van der Waals surface area contributed by atoms with E-state index in [0.29, 0.717) is 0 Å². The van der Waals surface area contributed by atoms with Crippen LogP contribution in [0.25, 0.3) is 0 Å². The average Bonchev–Trinajstić information content (AvgIpc) is 1.78. The highest BCUT2D eigenvalue weighted by atomic mass is 28.3. The van der Waals surface area contributed by atoms with Crippen molar-refractivity contribution in [1.29, 1.82) is 0 Å². The Morgan fingerprint density at radius 2 is 1.91 bits per heavy atom. The summed E-state index contributed by atoms with van der Waals surface area (Å²) in [6.07, 6.45) is 3.03. The van der Waals surface area contributed by atoms with Gasteiger partial charge in [0.15, 0.2) is 0 Å². The molecular formula is C9H16OSi. The van der Waals surface area contributed by atoms with E-state index in [1.54, 1.807) is 19.1 Å². The van der Waals surface area contributed by atoms with Crippen molar-refractivity contribution in [2.45, 2.75) is 32.7 Å². The molecule has 0 fully saturated rings. The number of rotatable bonds is 1. The molecule has 1 N–H and O–H groups in total. The molecule has 11 heavy (non-hydrogen) atoms. The predicted octanol–water partition coefficient (Wildman–Crippen LogP) is 1.80. The molecular weight excluding hydrogens is 152 g/mol. The maximum Gasteiger partial charge on any atom is 0.129 e. The van der Waals surface area contributed by atoms with Crippen LogP contribution in [0.5, 0.6) is 0 Å². The first kappa shape index (κ1) is 10.5. The molecule has 0 bridgehead atoms. The summed E-state index contributed by atoms with van der Waals surface area (Å²) in [5.41, 5.74) is 3.17. The minimum Gasteiger partial charge on any atom is -0.389 e. The van der Waals surface area contributed by atoms with Crippen molar-refractivity contribution in [1.82, 2.24) is 0 Å². The molecule has 0 rings (SSSR count). The number of allylic oxidation sites excluding steroid dienone is 1. The Bertz CT molecular complexity index is 188. The molecule has 1 nitrogen and oxygen atoms in total. The van der Waals surface area contributed by atoms with E-state index in [0.717, 1.165) is 0 Å². The Hall–Kier alpha value is -0.523. The summed E-state index contributed by atoms with van der Waals surface area (Å²) in [5, 5.41) is 8.84. The molecule has 0 saturated carbocycles. The van der Waals surface area contributed by atoms with Gasteiger partial charge >= 0.3 is 0 Å². The third-order valence-electron chi connectivity index (χ3n) is 0.905. The molecule has 1 atom stereocenters. The molecule has 0 aromatic rings. The third kappa shape index (κ3) is 9.48. The van der Waals surface area contributed by atoms with Gasteiger partial charge in [0.1, 0.15) is 8.07 Å². The summed E-state index contributed by atoms with van der Waals surface area (Å²) >= 11 is 0. The standard InChI is InChI=1S/C9H16OSi/c1-9(10)7-5-6-8-11(2,3)4/h5,7,9-10H,1-4H3/b7-5+/t9-/m1/s1. The topological polar surface area (TPSA) is 20.2 Å². The zero-order valence-electron chi connectivity index (χ0n) is 7.68. The minimum absolute atomic E-state index is 0.383. The van der Waals surface area contributed by atoms with Crippen LogP contribution in [0, 0.1) is 11.5 Å². The van der Waals surface area contributed by atoms with E-state index in [-0.39, 0.29) is 6.10 Å². The van der Waals surface area contributed by atoms with Crippen LogP contribution in [0.15, 0.2) is 12.2 Å². The lowest BCUT2D eigenvalue weighted by Gasteiger charge is -2.02. The molecule has 2 heteroatoms. The van der Waals surface area contributed by atoms with Crippen LogP contribution in [0.2, 0.25) is 19.6 Å². The molecule has 0 aliphatic heterocycles. The van der Waals surface area contributed by atoms with Gasteiger partial charge < -0.3 is 5.11 Å². The molecule has 0 amide bonds. The molecule has 0 aromatic carbocycles. The molecule has 0 unspecified atom stereocenters. The first-order chi connectivity index (χ1) is 4.92. The highest BCUT2D eigenvalue weighted by molar-refractivity contribution is 6.83. The third-order valence-corrected chi connectivity index (χ3v) is 1.80. The van der Waals surface area contributed by atoms with Crippen LogP contribution in [-0.4, -0.2) is 19.3 Å². The molecule has 62 valence electrons. The lowest BCUT2D eigenvalue weighted by Crippen LogP contribution is -2.16. The first-order valence-corrected chi connectivity index (χ1v) is 7.29. The van der Waals surface area contributed by atoms with Crippen LogP contribution in [-0.2, 0) is 0 Å². The molecule has 0 heterocycles. The fourth-order valence-corrected chi connectivity index (χ4v) is 0.962. The first-order valence-electron chi connectivity index (χ1n) is 3.79. The monoisotopic (exact) mass is 168 g/mol. The van der Waals surface area contributed by atoms with Crippen LogP contribution in [0.3, 0.4) is 0 Å². The van der Waals surface area contributed by atoms with Crippen molar-refractivity contribution >= 4 is 8.07 Å².